The molecule has 0 aliphatic rings. The molecule has 3 nitrogen and oxygen atoms in total. The van der Waals surface area contributed by atoms with Crippen molar-refractivity contribution < 1.29 is 9.53 Å². The topological polar surface area (TPSA) is 29.5 Å². The molecular formula is C18H35NO2. The fourth-order valence-electron chi connectivity index (χ4n) is 2.68. The first-order valence-corrected chi connectivity index (χ1v) is 8.11. The summed E-state index contributed by atoms with van der Waals surface area (Å²) in [6.07, 6.45) is 1.82. The zero-order valence-electron chi connectivity index (χ0n) is 15.3. The third kappa shape index (κ3) is 5.82. The summed E-state index contributed by atoms with van der Waals surface area (Å²) in [5.74, 6) is 0.977. The van der Waals surface area contributed by atoms with E-state index in [0.29, 0.717) is 11.8 Å². The van der Waals surface area contributed by atoms with Gasteiger partial charge in [-0.15, -0.1) is 6.58 Å². The van der Waals surface area contributed by atoms with Crippen LogP contribution in [0.15, 0.2) is 12.2 Å². The molecule has 0 rings (SSSR count). The highest BCUT2D eigenvalue weighted by Crippen LogP contribution is 2.25. The van der Waals surface area contributed by atoms with Crippen molar-refractivity contribution in [2.75, 3.05) is 14.2 Å². The lowest BCUT2D eigenvalue weighted by atomic mass is 9.88. The van der Waals surface area contributed by atoms with Gasteiger partial charge >= 0.3 is 0 Å². The molecule has 0 aliphatic carbocycles. The first-order valence-electron chi connectivity index (χ1n) is 8.11. The molecule has 0 aromatic carbocycles. The molecule has 0 fully saturated rings. The van der Waals surface area contributed by atoms with Gasteiger partial charge in [0.2, 0.25) is 5.91 Å². The number of methoxy groups -OCH3 is 1. The lowest BCUT2D eigenvalue weighted by molar-refractivity contribution is -0.141. The van der Waals surface area contributed by atoms with Gasteiger partial charge in [0.05, 0.1) is 12.1 Å². The Kier molecular flexibility index (Phi) is 8.88. The molecule has 0 bridgehead atoms. The van der Waals surface area contributed by atoms with Crippen LogP contribution < -0.4 is 0 Å². The van der Waals surface area contributed by atoms with E-state index in [1.807, 2.05) is 25.8 Å². The number of hydrogen-bond acceptors (Lipinski definition) is 2. The fourth-order valence-corrected chi connectivity index (χ4v) is 2.68. The standard InChI is InChI=1S/C18H35NO2/c1-10-14(6)17(16(21-9)11-12(2)3)19(8)18(20)15(7)13(4)5/h13-17H,2,10-11H2,1,3-9H3/t14-,15-,16+,17-/m0/s1. The van der Waals surface area contributed by atoms with Crippen LogP contribution >= 0.6 is 0 Å². The summed E-state index contributed by atoms with van der Waals surface area (Å²) in [7, 11) is 3.65. The van der Waals surface area contributed by atoms with Crippen molar-refractivity contribution in [3.63, 3.8) is 0 Å². The molecular weight excluding hydrogens is 262 g/mol. The number of nitrogens with zero attached hydrogens (tertiary/aromatic N) is 1. The Morgan fingerprint density at radius 1 is 1.24 bits per heavy atom. The molecule has 4 atom stereocenters. The van der Waals surface area contributed by atoms with Gasteiger partial charge in [-0.05, 0) is 25.2 Å². The van der Waals surface area contributed by atoms with Gasteiger partial charge in [-0.1, -0.05) is 46.6 Å². The van der Waals surface area contributed by atoms with Crippen molar-refractivity contribution in [2.24, 2.45) is 17.8 Å². The maximum Gasteiger partial charge on any atom is 0.225 e. The van der Waals surface area contributed by atoms with Gasteiger partial charge in [0, 0.05) is 20.1 Å². The molecule has 0 spiro atoms. The number of likely N-dealkylation sites (N-methyl/N-ethyl adjacent to an activating group) is 1. The summed E-state index contributed by atoms with van der Waals surface area (Å²) in [6.45, 7) is 16.6. The van der Waals surface area contributed by atoms with Gasteiger partial charge in [0.1, 0.15) is 0 Å². The van der Waals surface area contributed by atoms with Crippen LogP contribution in [0.1, 0.15) is 54.4 Å². The highest BCUT2D eigenvalue weighted by Gasteiger charge is 2.34. The summed E-state index contributed by atoms with van der Waals surface area (Å²) < 4.78 is 5.70. The van der Waals surface area contributed by atoms with E-state index in [9.17, 15) is 4.79 Å². The van der Waals surface area contributed by atoms with E-state index in [4.69, 9.17) is 4.74 Å². The summed E-state index contributed by atoms with van der Waals surface area (Å²) >= 11 is 0. The van der Waals surface area contributed by atoms with Gasteiger partial charge in [0.25, 0.3) is 0 Å². The molecule has 0 aromatic heterocycles. The molecule has 0 unspecified atom stereocenters. The van der Waals surface area contributed by atoms with Crippen LogP contribution in [-0.4, -0.2) is 37.1 Å². The van der Waals surface area contributed by atoms with Gasteiger partial charge in [-0.2, -0.15) is 0 Å². The molecule has 0 radical (unpaired) electrons. The van der Waals surface area contributed by atoms with Crippen LogP contribution in [0.3, 0.4) is 0 Å². The Labute approximate surface area is 131 Å². The Morgan fingerprint density at radius 2 is 1.76 bits per heavy atom. The predicted octanol–water partition coefficient (Wildman–Crippen LogP) is 4.13. The van der Waals surface area contributed by atoms with E-state index >= 15 is 0 Å². The average Bonchev–Trinajstić information content (AvgIpc) is 2.43. The maximum atomic E-state index is 12.7. The Balaban J connectivity index is 5.30. The molecule has 3 heteroatoms. The predicted molar refractivity (Wildman–Crippen MR) is 90.2 cm³/mol. The first-order chi connectivity index (χ1) is 9.67. The van der Waals surface area contributed by atoms with E-state index in [2.05, 4.69) is 34.3 Å². The lowest BCUT2D eigenvalue weighted by Crippen LogP contribution is -2.51. The SMILES string of the molecule is C=C(C)C[C@@H](OC)[C@H]([C@@H](C)CC)N(C)C(=O)[C@@H](C)C(C)C. The Hall–Kier alpha value is -0.830. The van der Waals surface area contributed by atoms with Gasteiger partial charge in [0.15, 0.2) is 0 Å². The zero-order valence-corrected chi connectivity index (χ0v) is 15.3. The van der Waals surface area contributed by atoms with Gasteiger partial charge in [-0.25, -0.2) is 0 Å². The molecule has 0 saturated heterocycles. The fraction of sp³-hybridized carbons (Fsp3) is 0.833. The average molecular weight is 297 g/mol. The molecule has 0 aromatic rings. The van der Waals surface area contributed by atoms with Crippen molar-refractivity contribution in [2.45, 2.75) is 66.5 Å². The first kappa shape index (κ1) is 20.2. The van der Waals surface area contributed by atoms with Crippen molar-refractivity contribution in [1.29, 1.82) is 0 Å². The minimum absolute atomic E-state index is 0.00534. The highest BCUT2D eigenvalue weighted by molar-refractivity contribution is 5.78. The second kappa shape index (κ2) is 9.24. The van der Waals surface area contributed by atoms with Crippen LogP contribution in [-0.2, 0) is 9.53 Å². The second-order valence-electron chi connectivity index (χ2n) is 6.79. The largest absolute Gasteiger partial charge is 0.379 e. The van der Waals surface area contributed by atoms with Crippen molar-refractivity contribution in [3.8, 4) is 0 Å². The third-order valence-corrected chi connectivity index (χ3v) is 4.64. The summed E-state index contributed by atoms with van der Waals surface area (Å²) in [5, 5.41) is 0. The second-order valence-corrected chi connectivity index (χ2v) is 6.79. The van der Waals surface area contributed by atoms with Crippen LogP contribution in [0.2, 0.25) is 0 Å². The molecule has 0 N–H and O–H groups in total. The van der Waals surface area contributed by atoms with Crippen LogP contribution in [0.4, 0.5) is 0 Å². The number of hydrogen-bond donors (Lipinski definition) is 0. The minimum Gasteiger partial charge on any atom is -0.379 e. The van der Waals surface area contributed by atoms with Crippen molar-refractivity contribution in [3.05, 3.63) is 12.2 Å². The van der Waals surface area contributed by atoms with E-state index < -0.39 is 0 Å². The molecule has 0 heterocycles. The lowest BCUT2D eigenvalue weighted by Gasteiger charge is -2.39. The normalized spacial score (nSPS) is 17.2. The van der Waals surface area contributed by atoms with Crippen LogP contribution in [0.5, 0.6) is 0 Å². The summed E-state index contributed by atoms with van der Waals surface area (Å²) in [4.78, 5) is 14.6. The zero-order chi connectivity index (χ0) is 16.7. The molecule has 124 valence electrons. The molecule has 0 aliphatic heterocycles. The molecule has 21 heavy (non-hydrogen) atoms. The monoisotopic (exact) mass is 297 g/mol. The van der Waals surface area contributed by atoms with Gasteiger partial charge < -0.3 is 9.64 Å². The smallest absolute Gasteiger partial charge is 0.225 e. The Morgan fingerprint density at radius 3 is 2.10 bits per heavy atom. The van der Waals surface area contributed by atoms with Gasteiger partial charge in [-0.3, -0.25) is 4.79 Å². The van der Waals surface area contributed by atoms with E-state index in [0.717, 1.165) is 18.4 Å². The van der Waals surface area contributed by atoms with E-state index in [-0.39, 0.29) is 24.0 Å². The van der Waals surface area contributed by atoms with Crippen LogP contribution in [0.25, 0.3) is 0 Å². The Bertz CT molecular complexity index is 338. The number of carbonyl (C=O) groups is 1. The van der Waals surface area contributed by atoms with Crippen molar-refractivity contribution >= 4 is 5.91 Å². The number of ether oxygens (including phenoxy) is 1. The van der Waals surface area contributed by atoms with Crippen molar-refractivity contribution in [1.82, 2.24) is 4.90 Å². The third-order valence-electron chi connectivity index (χ3n) is 4.64. The quantitative estimate of drug-likeness (QED) is 0.599. The highest BCUT2D eigenvalue weighted by atomic mass is 16.5. The van der Waals surface area contributed by atoms with E-state index in [1.54, 1.807) is 7.11 Å². The summed E-state index contributed by atoms with van der Waals surface area (Å²) in [5.41, 5.74) is 1.09. The minimum atomic E-state index is 0.00534. The summed E-state index contributed by atoms with van der Waals surface area (Å²) in [6, 6.07) is 0.0883. The molecule has 1 amide bonds. The number of amides is 1. The van der Waals surface area contributed by atoms with E-state index in [1.165, 1.54) is 0 Å². The van der Waals surface area contributed by atoms with Crippen LogP contribution in [0, 0.1) is 17.8 Å². The maximum absolute atomic E-state index is 12.7. The number of carbonyl (C=O) groups excluding carboxylic acids is 1. The molecule has 0 saturated carbocycles. The number of rotatable bonds is 9.